The molecular weight excluding hydrogens is 482 g/mol. The van der Waals surface area contributed by atoms with Crippen LogP contribution in [0.4, 0.5) is 5.95 Å². The van der Waals surface area contributed by atoms with Gasteiger partial charge >= 0.3 is 0 Å². The second kappa shape index (κ2) is 12.6. The highest BCUT2D eigenvalue weighted by Crippen LogP contribution is 2.28. The van der Waals surface area contributed by atoms with Gasteiger partial charge in [0, 0.05) is 63.2 Å². The first-order chi connectivity index (χ1) is 18.6. The standard InChI is InChI=1S/C29H39N5O4/c1-33-20-22(25-11-10-24(36-2)17-26(25)33)8-4-3-7-21-12-14-34(15-13-21)29-30-18-23(19-31-29)28(35)32-38-27-9-5-6-16-37-27/h10-11,17-21,27H,3-9,12-16H2,1-2H3,(H,32,35). The summed E-state index contributed by atoms with van der Waals surface area (Å²) in [5.74, 6) is 1.97. The molecule has 1 atom stereocenters. The molecule has 9 heteroatoms. The molecule has 1 unspecified atom stereocenters. The summed E-state index contributed by atoms with van der Waals surface area (Å²) in [5, 5.41) is 1.33. The number of amides is 1. The number of carbonyl (C=O) groups excluding carboxylic acids is 1. The van der Waals surface area contributed by atoms with E-state index in [1.54, 1.807) is 19.5 Å². The van der Waals surface area contributed by atoms with E-state index in [2.05, 4.69) is 50.3 Å². The lowest BCUT2D eigenvalue weighted by Crippen LogP contribution is -2.35. The van der Waals surface area contributed by atoms with Gasteiger partial charge in [0.25, 0.3) is 5.91 Å². The number of fused-ring (bicyclic) bond motifs is 1. The maximum absolute atomic E-state index is 12.3. The van der Waals surface area contributed by atoms with Gasteiger partial charge in [-0.25, -0.2) is 20.3 Å². The van der Waals surface area contributed by atoms with Gasteiger partial charge in [-0.2, -0.15) is 0 Å². The Morgan fingerprint density at radius 2 is 1.95 bits per heavy atom. The van der Waals surface area contributed by atoms with Crippen molar-refractivity contribution < 1.29 is 19.1 Å². The van der Waals surface area contributed by atoms with Gasteiger partial charge in [0.15, 0.2) is 6.29 Å². The number of hydroxylamine groups is 1. The van der Waals surface area contributed by atoms with Gasteiger partial charge in [-0.1, -0.05) is 12.8 Å². The number of hydrogen-bond acceptors (Lipinski definition) is 7. The number of unbranched alkanes of at least 4 members (excludes halogenated alkanes) is 1. The Labute approximate surface area is 224 Å². The van der Waals surface area contributed by atoms with Gasteiger partial charge in [-0.3, -0.25) is 4.79 Å². The summed E-state index contributed by atoms with van der Waals surface area (Å²) in [6.45, 7) is 2.56. The number of anilines is 1. The molecule has 3 aromatic rings. The van der Waals surface area contributed by atoms with Gasteiger partial charge < -0.3 is 18.9 Å². The van der Waals surface area contributed by atoms with Crippen LogP contribution in [-0.2, 0) is 23.0 Å². The smallest absolute Gasteiger partial charge is 0.278 e. The summed E-state index contributed by atoms with van der Waals surface area (Å²) in [5.41, 5.74) is 5.48. The number of aryl methyl sites for hydroxylation is 2. The fourth-order valence-electron chi connectivity index (χ4n) is 5.53. The Balaban J connectivity index is 1.02. The molecule has 0 radical (unpaired) electrons. The second-order valence-electron chi connectivity index (χ2n) is 10.4. The van der Waals surface area contributed by atoms with Crippen LogP contribution in [0.5, 0.6) is 5.75 Å². The average molecular weight is 522 g/mol. The molecule has 2 fully saturated rings. The Bertz CT molecular complexity index is 1200. The highest BCUT2D eigenvalue weighted by atomic mass is 16.8. The summed E-state index contributed by atoms with van der Waals surface area (Å²) in [7, 11) is 3.82. The average Bonchev–Trinajstić information content (AvgIpc) is 3.29. The summed E-state index contributed by atoms with van der Waals surface area (Å²) in [6.07, 6.45) is 15.0. The third-order valence-electron chi connectivity index (χ3n) is 7.81. The Morgan fingerprint density at radius 1 is 1.13 bits per heavy atom. The minimum atomic E-state index is -0.378. The third-order valence-corrected chi connectivity index (χ3v) is 7.81. The fraction of sp³-hybridized carbons (Fsp3) is 0.552. The molecule has 0 saturated carbocycles. The van der Waals surface area contributed by atoms with Crippen molar-refractivity contribution in [1.29, 1.82) is 0 Å². The summed E-state index contributed by atoms with van der Waals surface area (Å²) in [6, 6.07) is 6.34. The van der Waals surface area contributed by atoms with Gasteiger partial charge in [-0.15, -0.1) is 0 Å². The molecule has 2 aromatic heterocycles. The van der Waals surface area contributed by atoms with Crippen molar-refractivity contribution in [1.82, 2.24) is 20.0 Å². The van der Waals surface area contributed by atoms with Crippen molar-refractivity contribution >= 4 is 22.8 Å². The van der Waals surface area contributed by atoms with Crippen LogP contribution in [0.3, 0.4) is 0 Å². The van der Waals surface area contributed by atoms with Crippen LogP contribution in [0.2, 0.25) is 0 Å². The van der Waals surface area contributed by atoms with Gasteiger partial charge in [0.1, 0.15) is 5.75 Å². The van der Waals surface area contributed by atoms with Crippen LogP contribution in [0.1, 0.15) is 67.3 Å². The zero-order valence-corrected chi connectivity index (χ0v) is 22.5. The fourth-order valence-corrected chi connectivity index (χ4v) is 5.53. The molecule has 0 aliphatic carbocycles. The van der Waals surface area contributed by atoms with E-state index >= 15 is 0 Å². The van der Waals surface area contributed by atoms with Gasteiger partial charge in [-0.05, 0) is 62.1 Å². The predicted molar refractivity (Wildman–Crippen MR) is 146 cm³/mol. The number of piperidine rings is 1. The molecule has 38 heavy (non-hydrogen) atoms. The Hall–Kier alpha value is -3.17. The van der Waals surface area contributed by atoms with E-state index in [0.717, 1.165) is 63.3 Å². The lowest BCUT2D eigenvalue weighted by Gasteiger charge is -2.32. The van der Waals surface area contributed by atoms with Crippen molar-refractivity contribution in [3.05, 3.63) is 47.9 Å². The summed E-state index contributed by atoms with van der Waals surface area (Å²) in [4.78, 5) is 28.8. The molecule has 0 spiro atoms. The highest BCUT2D eigenvalue weighted by molar-refractivity contribution is 5.92. The number of ether oxygens (including phenoxy) is 2. The summed E-state index contributed by atoms with van der Waals surface area (Å²) < 4.78 is 13.0. The number of methoxy groups -OCH3 is 1. The highest BCUT2D eigenvalue weighted by Gasteiger charge is 2.22. The van der Waals surface area contributed by atoms with Crippen molar-refractivity contribution in [2.45, 2.75) is 64.1 Å². The third kappa shape index (κ3) is 6.45. The number of aromatic nitrogens is 3. The van der Waals surface area contributed by atoms with Gasteiger partial charge in [0.05, 0.1) is 18.2 Å². The van der Waals surface area contributed by atoms with Crippen LogP contribution in [0, 0.1) is 5.92 Å². The van der Waals surface area contributed by atoms with E-state index in [0.29, 0.717) is 18.1 Å². The molecule has 2 saturated heterocycles. The molecule has 9 nitrogen and oxygen atoms in total. The van der Waals surface area contributed by atoms with E-state index in [1.165, 1.54) is 35.7 Å². The zero-order chi connectivity index (χ0) is 26.3. The lowest BCUT2D eigenvalue weighted by molar-refractivity contribution is -0.186. The molecule has 2 aliphatic rings. The zero-order valence-electron chi connectivity index (χ0n) is 22.5. The van der Waals surface area contributed by atoms with E-state index < -0.39 is 0 Å². The van der Waals surface area contributed by atoms with Crippen LogP contribution >= 0.6 is 0 Å². The monoisotopic (exact) mass is 521 g/mol. The molecule has 0 bridgehead atoms. The van der Waals surface area contributed by atoms with Crippen molar-refractivity contribution in [2.75, 3.05) is 31.7 Å². The largest absolute Gasteiger partial charge is 0.497 e. The topological polar surface area (TPSA) is 90.7 Å². The molecule has 4 heterocycles. The molecule has 1 aromatic carbocycles. The van der Waals surface area contributed by atoms with Crippen LogP contribution in [0.25, 0.3) is 10.9 Å². The van der Waals surface area contributed by atoms with E-state index in [4.69, 9.17) is 14.3 Å². The first kappa shape index (κ1) is 26.4. The predicted octanol–water partition coefficient (Wildman–Crippen LogP) is 4.79. The van der Waals surface area contributed by atoms with Crippen molar-refractivity contribution in [3.8, 4) is 5.75 Å². The molecule has 5 rings (SSSR count). The number of rotatable bonds is 10. The maximum Gasteiger partial charge on any atom is 0.278 e. The van der Waals surface area contributed by atoms with Crippen LogP contribution < -0.4 is 15.1 Å². The molecule has 1 N–H and O–H groups in total. The number of benzene rings is 1. The first-order valence-corrected chi connectivity index (χ1v) is 13.9. The Kier molecular flexibility index (Phi) is 8.75. The molecule has 2 aliphatic heterocycles. The summed E-state index contributed by atoms with van der Waals surface area (Å²) >= 11 is 0. The quantitative estimate of drug-likeness (QED) is 0.303. The lowest BCUT2D eigenvalue weighted by atomic mass is 9.91. The van der Waals surface area contributed by atoms with E-state index in [9.17, 15) is 4.79 Å². The van der Waals surface area contributed by atoms with Crippen molar-refractivity contribution in [2.24, 2.45) is 13.0 Å². The number of hydrogen-bond donors (Lipinski definition) is 1. The molecular formula is C29H39N5O4. The number of carbonyl (C=O) groups is 1. The SMILES string of the molecule is COc1ccc2c(CCCCC3CCN(c4ncc(C(=O)NOC5CCCCO5)cn4)CC3)cn(C)c2c1. The van der Waals surface area contributed by atoms with Crippen LogP contribution in [-0.4, -0.2) is 53.5 Å². The normalized spacial score (nSPS) is 18.6. The second-order valence-corrected chi connectivity index (χ2v) is 10.4. The maximum atomic E-state index is 12.3. The van der Waals surface area contributed by atoms with E-state index in [-0.39, 0.29) is 12.2 Å². The molecule has 1 amide bonds. The van der Waals surface area contributed by atoms with E-state index in [1.807, 2.05) is 6.07 Å². The minimum Gasteiger partial charge on any atom is -0.497 e. The number of nitrogens with one attached hydrogen (secondary N) is 1. The van der Waals surface area contributed by atoms with Crippen molar-refractivity contribution in [3.63, 3.8) is 0 Å². The number of nitrogens with zero attached hydrogens (tertiary/aromatic N) is 4. The minimum absolute atomic E-state index is 0.354. The first-order valence-electron chi connectivity index (χ1n) is 13.9. The Morgan fingerprint density at radius 3 is 2.68 bits per heavy atom. The van der Waals surface area contributed by atoms with Crippen LogP contribution in [0.15, 0.2) is 36.8 Å². The van der Waals surface area contributed by atoms with Gasteiger partial charge in [0.2, 0.25) is 5.95 Å². The molecule has 204 valence electrons.